The highest BCUT2D eigenvalue weighted by atomic mass is 16.2. The SMILES string of the molecule is Cc1cccc(Nc2ncnc(NNC(=O)Cc3ccccc3)c2N)c1. The number of benzene rings is 2. The van der Waals surface area contributed by atoms with Gasteiger partial charge in [-0.2, -0.15) is 0 Å². The molecule has 0 aliphatic heterocycles. The Morgan fingerprint density at radius 2 is 1.81 bits per heavy atom. The molecule has 3 rings (SSSR count). The van der Waals surface area contributed by atoms with Crippen LogP contribution in [0.4, 0.5) is 23.0 Å². The molecule has 3 aromatic rings. The molecular weight excluding hydrogens is 328 g/mol. The summed E-state index contributed by atoms with van der Waals surface area (Å²) in [6.45, 7) is 2.00. The third-order valence-corrected chi connectivity index (χ3v) is 3.69. The van der Waals surface area contributed by atoms with Crippen LogP contribution < -0.4 is 21.9 Å². The van der Waals surface area contributed by atoms with Crippen molar-refractivity contribution < 1.29 is 4.79 Å². The van der Waals surface area contributed by atoms with Gasteiger partial charge in [0.25, 0.3) is 0 Å². The minimum absolute atomic E-state index is 0.192. The maximum absolute atomic E-state index is 12.0. The molecule has 0 aliphatic rings. The minimum Gasteiger partial charge on any atom is -0.393 e. The van der Waals surface area contributed by atoms with Crippen LogP contribution in [0.25, 0.3) is 0 Å². The number of anilines is 4. The highest BCUT2D eigenvalue weighted by molar-refractivity contribution is 5.82. The summed E-state index contributed by atoms with van der Waals surface area (Å²) in [4.78, 5) is 20.3. The first-order valence-electron chi connectivity index (χ1n) is 8.15. The molecule has 0 saturated heterocycles. The van der Waals surface area contributed by atoms with E-state index in [0.717, 1.165) is 16.8 Å². The predicted molar refractivity (Wildman–Crippen MR) is 103 cm³/mol. The van der Waals surface area contributed by atoms with E-state index in [2.05, 4.69) is 26.1 Å². The number of rotatable bonds is 6. The van der Waals surface area contributed by atoms with Gasteiger partial charge in [-0.15, -0.1) is 0 Å². The first kappa shape index (κ1) is 17.2. The van der Waals surface area contributed by atoms with E-state index in [4.69, 9.17) is 5.73 Å². The van der Waals surface area contributed by atoms with Gasteiger partial charge < -0.3 is 11.1 Å². The average Bonchev–Trinajstić information content (AvgIpc) is 2.63. The minimum atomic E-state index is -0.192. The number of hydrogen-bond acceptors (Lipinski definition) is 6. The molecule has 2 aromatic carbocycles. The van der Waals surface area contributed by atoms with Crippen LogP contribution in [0, 0.1) is 6.92 Å². The Balaban J connectivity index is 1.64. The summed E-state index contributed by atoms with van der Waals surface area (Å²) in [5.41, 5.74) is 14.7. The molecule has 7 heteroatoms. The van der Waals surface area contributed by atoms with E-state index in [1.807, 2.05) is 61.5 Å². The predicted octanol–water partition coefficient (Wildman–Crippen LogP) is 2.80. The van der Waals surface area contributed by atoms with Crippen LogP contribution in [0.5, 0.6) is 0 Å². The number of hydrazine groups is 1. The Morgan fingerprint density at radius 1 is 1.04 bits per heavy atom. The lowest BCUT2D eigenvalue weighted by atomic mass is 10.1. The summed E-state index contributed by atoms with van der Waals surface area (Å²) in [6.07, 6.45) is 1.63. The molecular formula is C19H20N6O. The lowest BCUT2D eigenvalue weighted by molar-refractivity contribution is -0.119. The van der Waals surface area contributed by atoms with E-state index in [1.54, 1.807) is 0 Å². The van der Waals surface area contributed by atoms with Crippen LogP contribution in [0.2, 0.25) is 0 Å². The van der Waals surface area contributed by atoms with Crippen LogP contribution in [-0.4, -0.2) is 15.9 Å². The Kier molecular flexibility index (Phi) is 5.28. The number of carbonyl (C=O) groups is 1. The second kappa shape index (κ2) is 7.98. The van der Waals surface area contributed by atoms with Crippen LogP contribution in [0.3, 0.4) is 0 Å². The smallest absolute Gasteiger partial charge is 0.242 e. The fourth-order valence-corrected chi connectivity index (χ4v) is 2.41. The summed E-state index contributed by atoms with van der Waals surface area (Å²) in [6, 6.07) is 17.3. The molecule has 0 atom stereocenters. The van der Waals surface area contributed by atoms with Crippen molar-refractivity contribution in [3.05, 3.63) is 72.1 Å². The van der Waals surface area contributed by atoms with Crippen LogP contribution in [0.1, 0.15) is 11.1 Å². The molecule has 0 bridgehead atoms. The normalized spacial score (nSPS) is 10.2. The topological polar surface area (TPSA) is 105 Å². The van der Waals surface area contributed by atoms with Crippen molar-refractivity contribution in [2.45, 2.75) is 13.3 Å². The third kappa shape index (κ3) is 4.47. The number of nitrogens with zero attached hydrogens (tertiary/aromatic N) is 2. The second-order valence-corrected chi connectivity index (χ2v) is 5.81. The van der Waals surface area contributed by atoms with Crippen molar-refractivity contribution in [2.75, 3.05) is 16.5 Å². The maximum Gasteiger partial charge on any atom is 0.242 e. The van der Waals surface area contributed by atoms with E-state index in [-0.39, 0.29) is 12.3 Å². The van der Waals surface area contributed by atoms with Gasteiger partial charge in [0.15, 0.2) is 11.6 Å². The summed E-state index contributed by atoms with van der Waals surface area (Å²) in [7, 11) is 0. The highest BCUT2D eigenvalue weighted by Gasteiger charge is 2.10. The Labute approximate surface area is 151 Å². The highest BCUT2D eigenvalue weighted by Crippen LogP contribution is 2.25. The molecule has 1 aromatic heterocycles. The van der Waals surface area contributed by atoms with Crippen molar-refractivity contribution in [1.29, 1.82) is 0 Å². The number of aryl methyl sites for hydroxylation is 1. The van der Waals surface area contributed by atoms with Gasteiger partial charge in [-0.05, 0) is 30.2 Å². The average molecular weight is 348 g/mol. The standard InChI is InChI=1S/C19H20N6O/c1-13-6-5-9-15(10-13)23-18-17(20)19(22-12-21-18)25-24-16(26)11-14-7-3-2-4-8-14/h2-10,12H,11,20H2,1H3,(H,24,26)(H2,21,22,23,25). The summed E-state index contributed by atoms with van der Waals surface area (Å²) < 4.78 is 0. The van der Waals surface area contributed by atoms with Gasteiger partial charge in [0, 0.05) is 5.69 Å². The Bertz CT molecular complexity index is 898. The van der Waals surface area contributed by atoms with Gasteiger partial charge in [-0.1, -0.05) is 42.5 Å². The summed E-state index contributed by atoms with van der Waals surface area (Å²) in [5, 5.41) is 3.15. The lowest BCUT2D eigenvalue weighted by Crippen LogP contribution is -2.31. The molecule has 1 amide bonds. The van der Waals surface area contributed by atoms with Crippen LogP contribution >= 0.6 is 0 Å². The second-order valence-electron chi connectivity index (χ2n) is 5.81. The molecule has 0 spiro atoms. The third-order valence-electron chi connectivity index (χ3n) is 3.69. The molecule has 5 N–H and O–H groups in total. The van der Waals surface area contributed by atoms with Gasteiger partial charge in [-0.25, -0.2) is 9.97 Å². The van der Waals surface area contributed by atoms with Gasteiger partial charge in [0.05, 0.1) is 6.42 Å². The Hall–Kier alpha value is -3.61. The van der Waals surface area contributed by atoms with Gasteiger partial charge in [-0.3, -0.25) is 15.6 Å². The number of nitrogen functional groups attached to an aromatic ring is 1. The van der Waals surface area contributed by atoms with Crippen molar-refractivity contribution in [3.8, 4) is 0 Å². The molecule has 132 valence electrons. The molecule has 26 heavy (non-hydrogen) atoms. The molecule has 1 heterocycles. The van der Waals surface area contributed by atoms with E-state index in [9.17, 15) is 4.79 Å². The number of nitrogens with two attached hydrogens (primary N) is 1. The number of carbonyl (C=O) groups excluding carboxylic acids is 1. The lowest BCUT2D eigenvalue weighted by Gasteiger charge is -2.13. The zero-order valence-electron chi connectivity index (χ0n) is 14.4. The van der Waals surface area contributed by atoms with Crippen molar-refractivity contribution >= 4 is 28.9 Å². The summed E-state index contributed by atoms with van der Waals surface area (Å²) in [5.74, 6) is 0.601. The number of aromatic nitrogens is 2. The van der Waals surface area contributed by atoms with Gasteiger partial charge >= 0.3 is 0 Å². The summed E-state index contributed by atoms with van der Waals surface area (Å²) >= 11 is 0. The Morgan fingerprint density at radius 3 is 2.58 bits per heavy atom. The molecule has 0 radical (unpaired) electrons. The number of nitrogens with one attached hydrogen (secondary N) is 3. The van der Waals surface area contributed by atoms with E-state index in [0.29, 0.717) is 17.3 Å². The fraction of sp³-hybridized carbons (Fsp3) is 0.105. The van der Waals surface area contributed by atoms with Gasteiger partial charge in [0.2, 0.25) is 5.91 Å². The zero-order chi connectivity index (χ0) is 18.4. The van der Waals surface area contributed by atoms with E-state index >= 15 is 0 Å². The van der Waals surface area contributed by atoms with Crippen molar-refractivity contribution in [1.82, 2.24) is 15.4 Å². The molecule has 0 unspecified atom stereocenters. The molecule has 0 fully saturated rings. The molecule has 7 nitrogen and oxygen atoms in total. The quantitative estimate of drug-likeness (QED) is 0.511. The zero-order valence-corrected chi connectivity index (χ0v) is 14.4. The number of amides is 1. The number of hydrogen-bond donors (Lipinski definition) is 4. The monoisotopic (exact) mass is 348 g/mol. The molecule has 0 aliphatic carbocycles. The maximum atomic E-state index is 12.0. The van der Waals surface area contributed by atoms with Crippen molar-refractivity contribution in [2.24, 2.45) is 0 Å². The fourth-order valence-electron chi connectivity index (χ4n) is 2.41. The first-order valence-corrected chi connectivity index (χ1v) is 8.15. The van der Waals surface area contributed by atoms with Crippen molar-refractivity contribution in [3.63, 3.8) is 0 Å². The van der Waals surface area contributed by atoms with E-state index < -0.39 is 0 Å². The van der Waals surface area contributed by atoms with Crippen LogP contribution in [0.15, 0.2) is 60.9 Å². The largest absolute Gasteiger partial charge is 0.393 e. The van der Waals surface area contributed by atoms with Gasteiger partial charge in [0.1, 0.15) is 12.0 Å². The molecule has 0 saturated carbocycles. The van der Waals surface area contributed by atoms with Crippen LogP contribution in [-0.2, 0) is 11.2 Å². The first-order chi connectivity index (χ1) is 12.6. The van der Waals surface area contributed by atoms with E-state index in [1.165, 1.54) is 6.33 Å².